The molecule has 0 radical (unpaired) electrons. The van der Waals surface area contributed by atoms with Gasteiger partial charge in [-0.25, -0.2) is 13.2 Å². The Morgan fingerprint density at radius 2 is 1.96 bits per heavy atom. The lowest BCUT2D eigenvalue weighted by Crippen LogP contribution is -2.11. The number of aryl methyl sites for hydroxylation is 1. The lowest BCUT2D eigenvalue weighted by molar-refractivity contribution is -0.134. The maximum atomic E-state index is 13.8. The van der Waals surface area contributed by atoms with Gasteiger partial charge in [0, 0.05) is 18.1 Å². The van der Waals surface area contributed by atoms with Gasteiger partial charge in [0.15, 0.2) is 0 Å². The Kier molecular flexibility index (Phi) is 6.63. The molecule has 7 heteroatoms. The van der Waals surface area contributed by atoms with Crippen molar-refractivity contribution in [1.82, 2.24) is 0 Å². The van der Waals surface area contributed by atoms with E-state index in [-0.39, 0.29) is 36.7 Å². The van der Waals surface area contributed by atoms with E-state index in [1.807, 2.05) is 0 Å². The van der Waals surface area contributed by atoms with Crippen molar-refractivity contribution < 1.29 is 32.5 Å². The number of benzene rings is 2. The molecular formula is C19H19F3O4. The number of esters is 1. The zero-order valence-electron chi connectivity index (χ0n) is 14.4. The second kappa shape index (κ2) is 8.71. The highest BCUT2D eigenvalue weighted by atomic mass is 19.3. The Hall–Kier alpha value is -2.54. The zero-order valence-corrected chi connectivity index (χ0v) is 14.4. The molecule has 2 aromatic rings. The maximum Gasteiger partial charge on any atom is 0.310 e. The van der Waals surface area contributed by atoms with E-state index >= 15 is 0 Å². The smallest absolute Gasteiger partial charge is 0.310 e. The highest BCUT2D eigenvalue weighted by Crippen LogP contribution is 2.33. The van der Waals surface area contributed by atoms with Gasteiger partial charge in [-0.1, -0.05) is 19.1 Å². The highest BCUT2D eigenvalue weighted by molar-refractivity contribution is 5.72. The first-order valence-corrected chi connectivity index (χ1v) is 8.00. The summed E-state index contributed by atoms with van der Waals surface area (Å²) in [7, 11) is 0. The van der Waals surface area contributed by atoms with E-state index in [1.54, 1.807) is 19.1 Å². The molecule has 2 rings (SSSR count). The van der Waals surface area contributed by atoms with Gasteiger partial charge in [0.2, 0.25) is 0 Å². The molecule has 0 unspecified atom stereocenters. The van der Waals surface area contributed by atoms with Crippen molar-refractivity contribution in [3.8, 4) is 11.5 Å². The van der Waals surface area contributed by atoms with Gasteiger partial charge in [-0.2, -0.15) is 0 Å². The fraction of sp³-hybridized carbons (Fsp3) is 0.316. The first-order chi connectivity index (χ1) is 12.4. The second-order valence-electron chi connectivity index (χ2n) is 5.61. The molecule has 0 aliphatic rings. The number of carbonyl (C=O) groups is 1. The van der Waals surface area contributed by atoms with E-state index < -0.39 is 23.8 Å². The fourth-order valence-electron chi connectivity index (χ4n) is 2.34. The SMILES string of the molecule is CCC(=O)Oc1cccc(CO)c1COc1cc(F)c(C)cc1C(F)F. The van der Waals surface area contributed by atoms with E-state index in [0.717, 1.165) is 12.1 Å². The van der Waals surface area contributed by atoms with Crippen molar-refractivity contribution in [3.05, 3.63) is 58.4 Å². The molecule has 0 amide bonds. The predicted molar refractivity (Wildman–Crippen MR) is 88.7 cm³/mol. The van der Waals surface area contributed by atoms with Gasteiger partial charge in [-0.3, -0.25) is 4.79 Å². The number of alkyl halides is 2. The predicted octanol–water partition coefficient (Wildman–Crippen LogP) is 4.46. The van der Waals surface area contributed by atoms with Crippen molar-refractivity contribution in [3.63, 3.8) is 0 Å². The number of halogens is 3. The molecule has 0 bridgehead atoms. The lowest BCUT2D eigenvalue weighted by Gasteiger charge is -2.16. The standard InChI is InChI=1S/C19H19F3O4/c1-3-18(24)26-16-6-4-5-12(9-23)14(16)10-25-17-8-15(20)11(2)7-13(17)19(21)22/h4-8,19,23H,3,9-10H2,1-2H3. The number of hydrogen-bond acceptors (Lipinski definition) is 4. The number of ether oxygens (including phenoxy) is 2. The van der Waals surface area contributed by atoms with Crippen molar-refractivity contribution in [2.75, 3.05) is 0 Å². The number of hydrogen-bond donors (Lipinski definition) is 1. The fourth-order valence-corrected chi connectivity index (χ4v) is 2.34. The van der Waals surface area contributed by atoms with E-state index in [4.69, 9.17) is 9.47 Å². The molecule has 0 aliphatic heterocycles. The quantitative estimate of drug-likeness (QED) is 0.579. The minimum absolute atomic E-state index is 0.0842. The largest absolute Gasteiger partial charge is 0.488 e. The summed E-state index contributed by atoms with van der Waals surface area (Å²) in [6.45, 7) is 2.37. The number of rotatable bonds is 7. The third-order valence-electron chi connectivity index (χ3n) is 3.81. The third-order valence-corrected chi connectivity index (χ3v) is 3.81. The van der Waals surface area contributed by atoms with Crippen molar-refractivity contribution in [2.24, 2.45) is 0 Å². The number of carbonyl (C=O) groups excluding carboxylic acids is 1. The van der Waals surface area contributed by atoms with Crippen LogP contribution >= 0.6 is 0 Å². The van der Waals surface area contributed by atoms with Crippen LogP contribution in [0.3, 0.4) is 0 Å². The molecular weight excluding hydrogens is 349 g/mol. The van der Waals surface area contributed by atoms with Crippen LogP contribution in [0.15, 0.2) is 30.3 Å². The Bertz CT molecular complexity index is 791. The molecule has 0 aromatic heterocycles. The summed E-state index contributed by atoms with van der Waals surface area (Å²) in [4.78, 5) is 11.6. The average Bonchev–Trinajstić information content (AvgIpc) is 2.62. The summed E-state index contributed by atoms with van der Waals surface area (Å²) in [5.41, 5.74) is 0.397. The van der Waals surface area contributed by atoms with E-state index in [9.17, 15) is 23.1 Å². The Balaban J connectivity index is 2.35. The van der Waals surface area contributed by atoms with Crippen LogP contribution in [-0.2, 0) is 18.0 Å². The van der Waals surface area contributed by atoms with Gasteiger partial charge in [0.25, 0.3) is 6.43 Å². The summed E-state index contributed by atoms with van der Waals surface area (Å²) < 4.78 is 50.7. The normalized spacial score (nSPS) is 10.9. The van der Waals surface area contributed by atoms with Crippen LogP contribution < -0.4 is 9.47 Å². The molecule has 0 saturated heterocycles. The molecule has 0 heterocycles. The summed E-state index contributed by atoms with van der Waals surface area (Å²) in [6.07, 6.45) is -2.70. The van der Waals surface area contributed by atoms with Gasteiger partial charge in [-0.05, 0) is 30.2 Å². The average molecular weight is 368 g/mol. The highest BCUT2D eigenvalue weighted by Gasteiger charge is 2.19. The first kappa shape index (κ1) is 19.8. The Morgan fingerprint density at radius 1 is 1.23 bits per heavy atom. The van der Waals surface area contributed by atoms with Gasteiger partial charge in [0.1, 0.15) is 23.9 Å². The Labute approximate surface area is 149 Å². The molecule has 4 nitrogen and oxygen atoms in total. The molecule has 0 saturated carbocycles. The summed E-state index contributed by atoms with van der Waals surface area (Å²) >= 11 is 0. The van der Waals surface area contributed by atoms with Crippen LogP contribution in [0.2, 0.25) is 0 Å². The minimum Gasteiger partial charge on any atom is -0.488 e. The van der Waals surface area contributed by atoms with Crippen LogP contribution in [0.5, 0.6) is 11.5 Å². The van der Waals surface area contributed by atoms with Gasteiger partial charge >= 0.3 is 5.97 Å². The lowest BCUT2D eigenvalue weighted by atomic mass is 10.1. The molecule has 0 aliphatic carbocycles. The van der Waals surface area contributed by atoms with E-state index in [2.05, 4.69) is 0 Å². The molecule has 26 heavy (non-hydrogen) atoms. The van der Waals surface area contributed by atoms with Gasteiger partial charge < -0.3 is 14.6 Å². The van der Waals surface area contributed by atoms with Crippen LogP contribution in [0.1, 0.15) is 42.0 Å². The molecule has 0 atom stereocenters. The maximum absolute atomic E-state index is 13.8. The van der Waals surface area contributed by atoms with Crippen molar-refractivity contribution in [1.29, 1.82) is 0 Å². The van der Waals surface area contributed by atoms with Crippen LogP contribution in [0, 0.1) is 12.7 Å². The summed E-state index contributed by atoms with van der Waals surface area (Å²) in [6, 6.07) is 6.62. The molecule has 1 N–H and O–H groups in total. The Morgan fingerprint density at radius 3 is 2.58 bits per heavy atom. The molecule has 0 fully saturated rings. The van der Waals surface area contributed by atoms with Crippen LogP contribution in [0.25, 0.3) is 0 Å². The minimum atomic E-state index is -2.84. The monoisotopic (exact) mass is 368 g/mol. The van der Waals surface area contributed by atoms with E-state index in [1.165, 1.54) is 13.0 Å². The third kappa shape index (κ3) is 4.54. The molecule has 0 spiro atoms. The van der Waals surface area contributed by atoms with Gasteiger partial charge in [0.05, 0.1) is 12.2 Å². The summed E-state index contributed by atoms with van der Waals surface area (Å²) in [5, 5.41) is 9.48. The van der Waals surface area contributed by atoms with Crippen molar-refractivity contribution in [2.45, 2.75) is 39.9 Å². The number of aliphatic hydroxyl groups is 1. The zero-order chi connectivity index (χ0) is 19.3. The first-order valence-electron chi connectivity index (χ1n) is 8.00. The summed E-state index contributed by atoms with van der Waals surface area (Å²) in [5.74, 6) is -1.30. The van der Waals surface area contributed by atoms with Crippen LogP contribution in [0.4, 0.5) is 13.2 Å². The van der Waals surface area contributed by atoms with Gasteiger partial charge in [-0.15, -0.1) is 0 Å². The number of aliphatic hydroxyl groups excluding tert-OH is 1. The van der Waals surface area contributed by atoms with Crippen molar-refractivity contribution >= 4 is 5.97 Å². The van der Waals surface area contributed by atoms with E-state index in [0.29, 0.717) is 11.1 Å². The molecule has 140 valence electrons. The second-order valence-corrected chi connectivity index (χ2v) is 5.61. The molecule has 2 aromatic carbocycles. The van der Waals surface area contributed by atoms with Crippen LogP contribution in [-0.4, -0.2) is 11.1 Å². The topological polar surface area (TPSA) is 55.8 Å².